The molecule has 0 unspecified atom stereocenters. The minimum atomic E-state index is -0.758. The van der Waals surface area contributed by atoms with Crippen LogP contribution < -0.4 is 5.30 Å². The van der Waals surface area contributed by atoms with Gasteiger partial charge in [-0.25, -0.2) is 0 Å². The first-order valence-electron chi connectivity index (χ1n) is 3.21. The van der Waals surface area contributed by atoms with Crippen LogP contribution in [0.1, 0.15) is 0 Å². The molecule has 2 heteroatoms. The van der Waals surface area contributed by atoms with Crippen molar-refractivity contribution in [3.63, 3.8) is 0 Å². The van der Waals surface area contributed by atoms with E-state index in [1.807, 2.05) is 0 Å². The molecule has 1 rings (SSSR count). The quantitative estimate of drug-likeness (QED) is 0.535. The van der Waals surface area contributed by atoms with Crippen molar-refractivity contribution in [2.45, 2.75) is 0 Å². The molecule has 0 aliphatic heterocycles. The fourth-order valence-electron chi connectivity index (χ4n) is 0.787. The Kier molecular flexibility index (Phi) is 2.75. The van der Waals surface area contributed by atoms with Crippen LogP contribution in [0.2, 0.25) is 0 Å². The molecule has 0 atom stereocenters. The van der Waals surface area contributed by atoms with Gasteiger partial charge >= 0.3 is 74.7 Å². The van der Waals surface area contributed by atoms with Crippen molar-refractivity contribution < 1.29 is 0 Å². The van der Waals surface area contributed by atoms with Crippen LogP contribution >= 0.6 is 4.49 Å². The van der Waals surface area contributed by atoms with Crippen LogP contribution in [0.3, 0.4) is 0 Å². The van der Waals surface area contributed by atoms with Crippen LogP contribution in [0.5, 0.6) is 0 Å². The molecule has 0 saturated carbocycles. The molecule has 1 aromatic carbocycles. The first kappa shape index (κ1) is 8.54. The average Bonchev–Trinajstić information content (AvgIpc) is 1.88. The minimum absolute atomic E-state index is 0.758. The van der Waals surface area contributed by atoms with Gasteiger partial charge in [-0.05, 0) is 0 Å². The molecule has 0 aromatic heterocycles. The standard InChI is InChI=1S/C8H11PTe/c1-9(2,10)8-6-4-3-5-7-8/h3-7H,1-2H3. The van der Waals surface area contributed by atoms with Crippen molar-refractivity contribution in [1.29, 1.82) is 0 Å². The summed E-state index contributed by atoms with van der Waals surface area (Å²) in [5.74, 6) is 0. The van der Waals surface area contributed by atoms with E-state index in [2.05, 4.69) is 64.9 Å². The molecule has 0 aliphatic rings. The third kappa shape index (κ3) is 2.24. The van der Waals surface area contributed by atoms with Crippen LogP contribution in [0.4, 0.5) is 0 Å². The predicted octanol–water partition coefficient (Wildman–Crippen LogP) is 1.67. The van der Waals surface area contributed by atoms with Crippen LogP contribution in [-0.4, -0.2) is 34.6 Å². The van der Waals surface area contributed by atoms with Crippen LogP contribution in [0.15, 0.2) is 30.3 Å². The summed E-state index contributed by atoms with van der Waals surface area (Å²) < 4.78 is -0.758. The second kappa shape index (κ2) is 3.22. The fourth-order valence-corrected chi connectivity index (χ4v) is 2.72. The van der Waals surface area contributed by atoms with Gasteiger partial charge in [0.2, 0.25) is 0 Å². The summed E-state index contributed by atoms with van der Waals surface area (Å²) in [6, 6.07) is 10.7. The molecule has 10 heavy (non-hydrogen) atoms. The van der Waals surface area contributed by atoms with Crippen LogP contribution in [0.25, 0.3) is 0 Å². The summed E-state index contributed by atoms with van der Waals surface area (Å²) in [5, 5.41) is 1.51. The van der Waals surface area contributed by atoms with E-state index in [4.69, 9.17) is 0 Å². The van der Waals surface area contributed by atoms with Gasteiger partial charge in [-0.1, -0.05) is 0 Å². The van der Waals surface area contributed by atoms with Gasteiger partial charge in [-0.3, -0.25) is 0 Å². The molecule has 0 saturated heterocycles. The second-order valence-electron chi connectivity index (χ2n) is 2.69. The third-order valence-corrected chi connectivity index (χ3v) is 4.72. The summed E-state index contributed by atoms with van der Waals surface area (Å²) in [5.41, 5.74) is 0. The van der Waals surface area contributed by atoms with Gasteiger partial charge in [0.25, 0.3) is 0 Å². The molecule has 0 radical (unpaired) electrons. The number of benzene rings is 1. The Hall–Kier alpha value is 0.440. The van der Waals surface area contributed by atoms with E-state index in [9.17, 15) is 0 Å². The molecule has 0 aliphatic carbocycles. The Labute approximate surface area is 74.6 Å². The van der Waals surface area contributed by atoms with E-state index in [0.29, 0.717) is 0 Å². The van der Waals surface area contributed by atoms with E-state index >= 15 is 0 Å². The van der Waals surface area contributed by atoms with Crippen LogP contribution in [0, 0.1) is 0 Å². The van der Waals surface area contributed by atoms with Crippen molar-refractivity contribution in [3.8, 4) is 0 Å². The zero-order valence-corrected chi connectivity index (χ0v) is 9.47. The zero-order chi connectivity index (χ0) is 7.61. The fraction of sp³-hybridized carbons (Fsp3) is 0.250. The van der Waals surface area contributed by atoms with Gasteiger partial charge in [0, 0.05) is 0 Å². The van der Waals surface area contributed by atoms with E-state index < -0.39 is 4.49 Å². The monoisotopic (exact) mass is 268 g/mol. The molecule has 0 heterocycles. The SMILES string of the molecule is CP(C)(=[Te])c1ccccc1. The van der Waals surface area contributed by atoms with Crippen molar-refractivity contribution in [2.24, 2.45) is 0 Å². The summed E-state index contributed by atoms with van der Waals surface area (Å²) >= 11 is 2.26. The Morgan fingerprint density at radius 2 is 1.60 bits per heavy atom. The Morgan fingerprint density at radius 3 is 1.90 bits per heavy atom. The van der Waals surface area contributed by atoms with Crippen molar-refractivity contribution in [3.05, 3.63) is 30.3 Å². The average molecular weight is 266 g/mol. The van der Waals surface area contributed by atoms with Gasteiger partial charge in [-0.2, -0.15) is 0 Å². The maximum atomic E-state index is 2.34. The molecule has 0 bridgehead atoms. The van der Waals surface area contributed by atoms with E-state index in [0.717, 1.165) is 0 Å². The number of hydrogen-bond donors (Lipinski definition) is 0. The Morgan fingerprint density at radius 1 is 1.10 bits per heavy atom. The molecule has 1 aromatic rings. The normalized spacial score (nSPS) is 11.4. The molecule has 54 valence electrons. The number of hydrogen-bond acceptors (Lipinski definition) is 0. The van der Waals surface area contributed by atoms with Gasteiger partial charge in [0.15, 0.2) is 0 Å². The molecule has 0 nitrogen and oxygen atoms in total. The van der Waals surface area contributed by atoms with Crippen molar-refractivity contribution in [1.82, 2.24) is 0 Å². The molecular weight excluding hydrogens is 255 g/mol. The first-order valence-corrected chi connectivity index (χ1v) is 8.94. The van der Waals surface area contributed by atoms with Gasteiger partial charge in [0.1, 0.15) is 0 Å². The summed E-state index contributed by atoms with van der Waals surface area (Å²) in [6.07, 6.45) is 0. The predicted molar refractivity (Wildman–Crippen MR) is 50.6 cm³/mol. The first-order chi connectivity index (χ1) is 4.61. The van der Waals surface area contributed by atoms with E-state index in [-0.39, 0.29) is 0 Å². The Balaban J connectivity index is 3.09. The number of rotatable bonds is 1. The van der Waals surface area contributed by atoms with Crippen molar-refractivity contribution in [2.75, 3.05) is 13.3 Å². The summed E-state index contributed by atoms with van der Waals surface area (Å²) in [4.78, 5) is 0. The van der Waals surface area contributed by atoms with E-state index in [1.54, 1.807) is 0 Å². The summed E-state index contributed by atoms with van der Waals surface area (Å²) in [6.45, 7) is 4.68. The molecule has 0 fully saturated rings. The summed E-state index contributed by atoms with van der Waals surface area (Å²) in [7, 11) is 0. The topological polar surface area (TPSA) is 0 Å². The van der Waals surface area contributed by atoms with Gasteiger partial charge in [-0.15, -0.1) is 0 Å². The molecule has 0 amide bonds. The van der Waals surface area contributed by atoms with Gasteiger partial charge in [0.05, 0.1) is 0 Å². The zero-order valence-electron chi connectivity index (χ0n) is 6.24. The van der Waals surface area contributed by atoms with Crippen LogP contribution in [-0.2, 0) is 0 Å². The third-order valence-electron chi connectivity index (χ3n) is 1.38. The Bertz CT molecular complexity index is 247. The van der Waals surface area contributed by atoms with Gasteiger partial charge < -0.3 is 0 Å². The molecule has 0 spiro atoms. The van der Waals surface area contributed by atoms with Crippen molar-refractivity contribution >= 4 is 31.0 Å². The van der Waals surface area contributed by atoms with E-state index in [1.165, 1.54) is 5.30 Å². The molecular formula is C8H11PTe. The maximum absolute atomic E-state index is 2.34. The molecule has 0 N–H and O–H groups in total. The second-order valence-corrected chi connectivity index (χ2v) is 13.7.